The van der Waals surface area contributed by atoms with Gasteiger partial charge in [0.2, 0.25) is 0 Å². The summed E-state index contributed by atoms with van der Waals surface area (Å²) in [5.41, 5.74) is 2.29. The Labute approximate surface area is 130 Å². The molecule has 19 heavy (non-hydrogen) atoms. The highest BCUT2D eigenvalue weighted by Crippen LogP contribution is 2.26. The molecular weight excluding hydrogens is 370 g/mol. The smallest absolute Gasteiger partial charge is 0.119 e. The van der Waals surface area contributed by atoms with Gasteiger partial charge in [-0.3, -0.25) is 0 Å². The van der Waals surface area contributed by atoms with Crippen molar-refractivity contribution in [2.24, 2.45) is 0 Å². The minimum atomic E-state index is 0.697. The van der Waals surface area contributed by atoms with E-state index in [2.05, 4.69) is 55.4 Å². The Hall–Kier alpha value is -1.00. The summed E-state index contributed by atoms with van der Waals surface area (Å²) in [5.74, 6) is 0.912. The van der Waals surface area contributed by atoms with Gasteiger partial charge in [0.1, 0.15) is 5.75 Å². The zero-order valence-corrected chi connectivity index (χ0v) is 13.8. The molecule has 0 fully saturated rings. The fourth-order valence-corrected chi connectivity index (χ4v) is 2.45. The summed E-state index contributed by atoms with van der Waals surface area (Å²) in [4.78, 5) is 0. The second-order valence-corrected chi connectivity index (χ2v) is 5.82. The van der Waals surface area contributed by atoms with Crippen LogP contribution in [0.15, 0.2) is 51.4 Å². The van der Waals surface area contributed by atoms with E-state index in [9.17, 15) is 0 Å². The Morgan fingerprint density at radius 3 is 2.47 bits per heavy atom. The van der Waals surface area contributed by atoms with Crippen LogP contribution in [0.1, 0.15) is 12.5 Å². The quantitative estimate of drug-likeness (QED) is 0.762. The molecule has 1 N–H and O–H groups in total. The second-order valence-electron chi connectivity index (χ2n) is 4.05. The molecule has 2 aromatic rings. The van der Waals surface area contributed by atoms with Crippen molar-refractivity contribution >= 4 is 37.5 Å². The molecule has 2 nitrogen and oxygen atoms in total. The number of halogens is 2. The first-order valence-corrected chi connectivity index (χ1v) is 7.68. The highest BCUT2D eigenvalue weighted by atomic mass is 79.9. The molecule has 4 heteroatoms. The standard InChI is InChI=1S/C15H15Br2NO/c1-2-19-13-6-3-11(4-7-13)10-18-15-9-12(16)5-8-14(15)17/h3-9,18H,2,10H2,1H3. The van der Waals surface area contributed by atoms with Crippen molar-refractivity contribution in [2.75, 3.05) is 11.9 Å². The molecule has 0 heterocycles. The number of ether oxygens (including phenoxy) is 1. The van der Waals surface area contributed by atoms with E-state index in [1.807, 2.05) is 31.2 Å². The van der Waals surface area contributed by atoms with Gasteiger partial charge >= 0.3 is 0 Å². The number of anilines is 1. The molecular formula is C15H15Br2NO. The van der Waals surface area contributed by atoms with Crippen molar-refractivity contribution < 1.29 is 4.74 Å². The van der Waals surface area contributed by atoms with Crippen molar-refractivity contribution in [3.05, 3.63) is 57.0 Å². The van der Waals surface area contributed by atoms with Crippen molar-refractivity contribution in [2.45, 2.75) is 13.5 Å². The lowest BCUT2D eigenvalue weighted by Gasteiger charge is -2.10. The van der Waals surface area contributed by atoms with Gasteiger partial charge in [-0.2, -0.15) is 0 Å². The lowest BCUT2D eigenvalue weighted by molar-refractivity contribution is 0.340. The summed E-state index contributed by atoms with van der Waals surface area (Å²) in [5, 5.41) is 3.40. The van der Waals surface area contributed by atoms with Crippen LogP contribution in [-0.2, 0) is 6.54 Å². The zero-order valence-electron chi connectivity index (χ0n) is 10.6. The molecule has 0 aliphatic carbocycles. The first kappa shape index (κ1) is 14.4. The number of nitrogens with one attached hydrogen (secondary N) is 1. The van der Waals surface area contributed by atoms with Gasteiger partial charge < -0.3 is 10.1 Å². The Morgan fingerprint density at radius 1 is 1.05 bits per heavy atom. The van der Waals surface area contributed by atoms with Crippen LogP contribution in [-0.4, -0.2) is 6.61 Å². The van der Waals surface area contributed by atoms with E-state index in [0.29, 0.717) is 6.61 Å². The summed E-state index contributed by atoms with van der Waals surface area (Å²) in [6.07, 6.45) is 0. The third-order valence-corrected chi connectivity index (χ3v) is 3.83. The fourth-order valence-electron chi connectivity index (χ4n) is 1.70. The van der Waals surface area contributed by atoms with Crippen LogP contribution in [0.2, 0.25) is 0 Å². The molecule has 0 unspecified atom stereocenters. The molecule has 0 aliphatic heterocycles. The first-order valence-electron chi connectivity index (χ1n) is 6.09. The normalized spacial score (nSPS) is 10.3. The Morgan fingerprint density at radius 2 is 1.79 bits per heavy atom. The van der Waals surface area contributed by atoms with Gasteiger partial charge in [-0.15, -0.1) is 0 Å². The van der Waals surface area contributed by atoms with E-state index in [1.54, 1.807) is 0 Å². The van der Waals surface area contributed by atoms with Gasteiger partial charge in [0.15, 0.2) is 0 Å². The summed E-state index contributed by atoms with van der Waals surface area (Å²) in [7, 11) is 0. The van der Waals surface area contributed by atoms with E-state index in [-0.39, 0.29) is 0 Å². The topological polar surface area (TPSA) is 21.3 Å². The highest BCUT2D eigenvalue weighted by molar-refractivity contribution is 9.11. The largest absolute Gasteiger partial charge is 0.494 e. The Bertz CT molecular complexity index is 540. The number of hydrogen-bond donors (Lipinski definition) is 1. The van der Waals surface area contributed by atoms with E-state index in [1.165, 1.54) is 5.56 Å². The van der Waals surface area contributed by atoms with Gasteiger partial charge in [-0.25, -0.2) is 0 Å². The lowest BCUT2D eigenvalue weighted by Crippen LogP contribution is -2.00. The van der Waals surface area contributed by atoms with Gasteiger partial charge in [-0.1, -0.05) is 28.1 Å². The van der Waals surface area contributed by atoms with Crippen molar-refractivity contribution in [3.8, 4) is 5.75 Å². The van der Waals surface area contributed by atoms with Gasteiger partial charge in [0.05, 0.1) is 6.61 Å². The summed E-state index contributed by atoms with van der Waals surface area (Å²) in [6, 6.07) is 14.2. The highest BCUT2D eigenvalue weighted by Gasteiger charge is 2.01. The summed E-state index contributed by atoms with van der Waals surface area (Å²) in [6.45, 7) is 3.46. The van der Waals surface area contributed by atoms with E-state index in [4.69, 9.17) is 4.74 Å². The predicted octanol–water partition coefficient (Wildman–Crippen LogP) is 5.22. The summed E-state index contributed by atoms with van der Waals surface area (Å²) < 4.78 is 7.54. The molecule has 0 radical (unpaired) electrons. The van der Waals surface area contributed by atoms with Gasteiger partial charge in [0, 0.05) is 21.2 Å². The summed E-state index contributed by atoms with van der Waals surface area (Å²) >= 11 is 7.00. The second kappa shape index (κ2) is 6.96. The molecule has 2 aromatic carbocycles. The molecule has 0 spiro atoms. The monoisotopic (exact) mass is 383 g/mol. The third kappa shape index (κ3) is 4.25. The molecule has 0 atom stereocenters. The van der Waals surface area contributed by atoms with Crippen LogP contribution in [0.25, 0.3) is 0 Å². The van der Waals surface area contributed by atoms with Gasteiger partial charge in [-0.05, 0) is 58.7 Å². The van der Waals surface area contributed by atoms with Crippen LogP contribution in [0, 0.1) is 0 Å². The number of hydrogen-bond acceptors (Lipinski definition) is 2. The SMILES string of the molecule is CCOc1ccc(CNc2cc(Br)ccc2Br)cc1. The first-order chi connectivity index (χ1) is 9.19. The molecule has 0 saturated carbocycles. The molecule has 0 bridgehead atoms. The van der Waals surface area contributed by atoms with Crippen LogP contribution >= 0.6 is 31.9 Å². The molecule has 0 saturated heterocycles. The molecule has 0 aromatic heterocycles. The van der Waals surface area contributed by atoms with E-state index in [0.717, 1.165) is 26.9 Å². The lowest BCUT2D eigenvalue weighted by atomic mass is 10.2. The predicted molar refractivity (Wildman–Crippen MR) is 86.8 cm³/mol. The maximum Gasteiger partial charge on any atom is 0.119 e. The maximum atomic E-state index is 5.42. The molecule has 0 aliphatic rings. The average Bonchev–Trinajstić information content (AvgIpc) is 2.42. The minimum Gasteiger partial charge on any atom is -0.494 e. The maximum absolute atomic E-state index is 5.42. The minimum absolute atomic E-state index is 0.697. The molecule has 2 rings (SSSR count). The van der Waals surface area contributed by atoms with E-state index < -0.39 is 0 Å². The fraction of sp³-hybridized carbons (Fsp3) is 0.200. The van der Waals surface area contributed by atoms with Crippen molar-refractivity contribution in [1.82, 2.24) is 0 Å². The molecule has 0 amide bonds. The Kier molecular flexibility index (Phi) is 5.28. The van der Waals surface area contributed by atoms with Crippen LogP contribution < -0.4 is 10.1 Å². The van der Waals surface area contributed by atoms with Crippen molar-refractivity contribution in [3.63, 3.8) is 0 Å². The number of benzene rings is 2. The van der Waals surface area contributed by atoms with Crippen molar-refractivity contribution in [1.29, 1.82) is 0 Å². The van der Waals surface area contributed by atoms with Crippen LogP contribution in [0.3, 0.4) is 0 Å². The van der Waals surface area contributed by atoms with Crippen LogP contribution in [0.5, 0.6) is 5.75 Å². The van der Waals surface area contributed by atoms with Crippen LogP contribution in [0.4, 0.5) is 5.69 Å². The Balaban J connectivity index is 2.00. The van der Waals surface area contributed by atoms with E-state index >= 15 is 0 Å². The molecule has 100 valence electrons. The zero-order chi connectivity index (χ0) is 13.7. The average molecular weight is 385 g/mol. The number of rotatable bonds is 5. The third-order valence-electron chi connectivity index (χ3n) is 2.65. The van der Waals surface area contributed by atoms with Gasteiger partial charge in [0.25, 0.3) is 0 Å².